The van der Waals surface area contributed by atoms with Gasteiger partial charge in [-0.3, -0.25) is 9.69 Å². The van der Waals surface area contributed by atoms with Crippen LogP contribution in [0.15, 0.2) is 48.5 Å². The van der Waals surface area contributed by atoms with E-state index in [0.29, 0.717) is 11.4 Å². The Bertz CT molecular complexity index is 812. The largest absolute Gasteiger partial charge is 0.416 e. The molecule has 2 aromatic carbocycles. The van der Waals surface area contributed by atoms with Crippen LogP contribution in [-0.2, 0) is 4.79 Å². The van der Waals surface area contributed by atoms with Gasteiger partial charge in [0.1, 0.15) is 11.8 Å². The van der Waals surface area contributed by atoms with Gasteiger partial charge in [-0.15, -0.1) is 0 Å². The van der Waals surface area contributed by atoms with Crippen molar-refractivity contribution in [1.82, 2.24) is 4.90 Å². The van der Waals surface area contributed by atoms with Gasteiger partial charge in [0, 0.05) is 15.7 Å². The maximum absolute atomic E-state index is 12.7. The second-order valence-corrected chi connectivity index (χ2v) is 7.43. The molecule has 6 nitrogen and oxygen atoms in total. The molecule has 1 aliphatic rings. The number of benzene rings is 2. The molecule has 1 aliphatic heterocycles. The summed E-state index contributed by atoms with van der Waals surface area (Å²) in [6, 6.07) is 13.6. The van der Waals surface area contributed by atoms with Crippen LogP contribution in [0, 0.1) is 10.5 Å². The summed E-state index contributed by atoms with van der Waals surface area (Å²) < 4.78 is 6.38. The smallest absolute Gasteiger partial charge is 0.410 e. The second-order valence-electron chi connectivity index (χ2n) is 6.19. The number of aliphatic hydroxyl groups is 1. The highest BCUT2D eigenvalue weighted by atomic mass is 127. The molecule has 3 rings (SSSR count). The molecule has 2 N–H and O–H groups in total. The second kappa shape index (κ2) is 8.05. The van der Waals surface area contributed by atoms with Crippen LogP contribution in [-0.4, -0.2) is 40.7 Å². The summed E-state index contributed by atoms with van der Waals surface area (Å²) in [6.45, 7) is 1.97. The maximum atomic E-state index is 12.7. The molecular weight excluding hydrogens is 447 g/mol. The minimum absolute atomic E-state index is 0.0649. The fourth-order valence-electron chi connectivity index (χ4n) is 2.90. The van der Waals surface area contributed by atoms with Crippen molar-refractivity contribution in [3.63, 3.8) is 0 Å². The Labute approximate surface area is 165 Å². The molecule has 7 heteroatoms. The van der Waals surface area contributed by atoms with E-state index in [4.69, 9.17) is 4.74 Å². The van der Waals surface area contributed by atoms with Gasteiger partial charge in [-0.25, -0.2) is 4.79 Å². The highest BCUT2D eigenvalue weighted by Crippen LogP contribution is 2.23. The highest BCUT2D eigenvalue weighted by molar-refractivity contribution is 14.1. The third-order valence-corrected chi connectivity index (χ3v) is 4.88. The van der Waals surface area contributed by atoms with E-state index < -0.39 is 18.2 Å². The number of aliphatic hydroxyl groups excluding tert-OH is 1. The topological polar surface area (TPSA) is 78.9 Å². The number of aryl methyl sites for hydroxylation is 1. The van der Waals surface area contributed by atoms with E-state index in [1.807, 2.05) is 31.2 Å². The van der Waals surface area contributed by atoms with E-state index >= 15 is 0 Å². The molecule has 2 aromatic rings. The van der Waals surface area contributed by atoms with Crippen LogP contribution in [0.4, 0.5) is 10.5 Å². The quantitative estimate of drug-likeness (QED) is 0.682. The number of β-amino-alcohol motifs (C(OH)–C–C–N with tert-alkyl or cyclic N) is 1. The molecule has 1 fully saturated rings. The van der Waals surface area contributed by atoms with Gasteiger partial charge in [0.25, 0.3) is 0 Å². The van der Waals surface area contributed by atoms with Crippen LogP contribution in [0.25, 0.3) is 0 Å². The number of para-hydroxylation sites is 1. The summed E-state index contributed by atoms with van der Waals surface area (Å²) in [4.78, 5) is 26.4. The van der Waals surface area contributed by atoms with Crippen molar-refractivity contribution in [3.05, 3.63) is 57.7 Å². The number of ether oxygens (including phenoxy) is 1. The number of anilines is 1. The normalized spacial score (nSPS) is 19.3. The van der Waals surface area contributed by atoms with Gasteiger partial charge in [0.15, 0.2) is 0 Å². The van der Waals surface area contributed by atoms with E-state index in [1.54, 1.807) is 24.3 Å². The van der Waals surface area contributed by atoms with Crippen molar-refractivity contribution in [2.75, 3.05) is 11.9 Å². The molecule has 0 saturated carbocycles. The molecule has 0 aromatic heterocycles. The predicted octanol–water partition coefficient (Wildman–Crippen LogP) is 3.17. The minimum atomic E-state index is -0.778. The molecular formula is C19H19IN2O4. The van der Waals surface area contributed by atoms with Gasteiger partial charge < -0.3 is 15.2 Å². The molecule has 0 unspecified atom stereocenters. The molecule has 136 valence electrons. The molecule has 0 aliphatic carbocycles. The number of hydrogen-bond acceptors (Lipinski definition) is 4. The van der Waals surface area contributed by atoms with Crippen molar-refractivity contribution in [3.8, 4) is 5.75 Å². The minimum Gasteiger partial charge on any atom is -0.410 e. The number of nitrogens with zero attached hydrogens (tertiary/aromatic N) is 1. The lowest BCUT2D eigenvalue weighted by atomic mass is 10.1. The number of likely N-dealkylation sites (tertiary alicyclic amines) is 1. The fraction of sp³-hybridized carbons (Fsp3) is 0.263. The molecule has 0 spiro atoms. The first-order valence-electron chi connectivity index (χ1n) is 8.22. The SMILES string of the molecule is Cc1cc(I)ccc1NC(=O)[C@H]1C[C@@H](O)CN1C(=O)Oc1ccccc1. The molecule has 0 radical (unpaired) electrons. The van der Waals surface area contributed by atoms with Gasteiger partial charge in [0.05, 0.1) is 12.6 Å². The molecule has 1 heterocycles. The molecule has 26 heavy (non-hydrogen) atoms. The Morgan fingerprint density at radius 1 is 1.23 bits per heavy atom. The third-order valence-electron chi connectivity index (χ3n) is 4.21. The summed E-state index contributed by atoms with van der Waals surface area (Å²) in [5.41, 5.74) is 1.62. The zero-order valence-corrected chi connectivity index (χ0v) is 16.3. The Kier molecular flexibility index (Phi) is 5.77. The van der Waals surface area contributed by atoms with Crippen molar-refractivity contribution in [2.45, 2.75) is 25.5 Å². The first-order chi connectivity index (χ1) is 12.4. The van der Waals surface area contributed by atoms with Crippen LogP contribution in [0.2, 0.25) is 0 Å². The Balaban J connectivity index is 1.72. The van der Waals surface area contributed by atoms with Crippen molar-refractivity contribution < 1.29 is 19.4 Å². The van der Waals surface area contributed by atoms with E-state index in [-0.39, 0.29) is 18.9 Å². The zero-order valence-electron chi connectivity index (χ0n) is 14.2. The van der Waals surface area contributed by atoms with Crippen LogP contribution in [0.3, 0.4) is 0 Å². The van der Waals surface area contributed by atoms with E-state index in [9.17, 15) is 14.7 Å². The van der Waals surface area contributed by atoms with E-state index in [0.717, 1.165) is 9.13 Å². The van der Waals surface area contributed by atoms with Gasteiger partial charge in [-0.05, 0) is 65.4 Å². The fourth-order valence-corrected chi connectivity index (χ4v) is 3.54. The zero-order chi connectivity index (χ0) is 18.7. The molecule has 0 bridgehead atoms. The number of carbonyl (C=O) groups excluding carboxylic acids is 2. The lowest BCUT2D eigenvalue weighted by molar-refractivity contribution is -0.119. The number of nitrogens with one attached hydrogen (secondary N) is 1. The number of rotatable bonds is 3. The molecule has 2 amide bonds. The number of carbonyl (C=O) groups is 2. The van der Waals surface area contributed by atoms with Crippen LogP contribution in [0.1, 0.15) is 12.0 Å². The van der Waals surface area contributed by atoms with Gasteiger partial charge >= 0.3 is 6.09 Å². The molecule has 1 saturated heterocycles. The number of halogens is 1. The molecule has 2 atom stereocenters. The van der Waals surface area contributed by atoms with Crippen LogP contribution in [0.5, 0.6) is 5.75 Å². The van der Waals surface area contributed by atoms with Gasteiger partial charge in [-0.1, -0.05) is 18.2 Å². The maximum Gasteiger partial charge on any atom is 0.416 e. The van der Waals surface area contributed by atoms with Crippen LogP contribution >= 0.6 is 22.6 Å². The van der Waals surface area contributed by atoms with E-state index in [1.165, 1.54) is 4.90 Å². The monoisotopic (exact) mass is 466 g/mol. The average molecular weight is 466 g/mol. The van der Waals surface area contributed by atoms with Crippen molar-refractivity contribution in [2.24, 2.45) is 0 Å². The summed E-state index contributed by atoms with van der Waals surface area (Å²) in [5, 5.41) is 12.8. The highest BCUT2D eigenvalue weighted by Gasteiger charge is 2.40. The summed E-state index contributed by atoms with van der Waals surface area (Å²) in [6.07, 6.45) is -1.22. The number of hydrogen-bond donors (Lipinski definition) is 2. The summed E-state index contributed by atoms with van der Waals surface area (Å²) in [5.74, 6) is 0.0578. The predicted molar refractivity (Wildman–Crippen MR) is 106 cm³/mol. The lowest BCUT2D eigenvalue weighted by Crippen LogP contribution is -2.44. The first-order valence-corrected chi connectivity index (χ1v) is 9.30. The standard InChI is InChI=1S/C19H19IN2O4/c1-12-9-13(20)7-8-16(12)21-18(24)17-10-14(23)11-22(17)19(25)26-15-5-3-2-4-6-15/h2-9,14,17,23H,10-11H2,1H3,(H,21,24)/t14-,17-/m1/s1. The Hall–Kier alpha value is -2.13. The first kappa shape index (κ1) is 18.7. The number of amides is 2. The summed E-state index contributed by atoms with van der Waals surface area (Å²) >= 11 is 2.20. The van der Waals surface area contributed by atoms with Crippen molar-refractivity contribution in [1.29, 1.82) is 0 Å². The average Bonchev–Trinajstić information content (AvgIpc) is 3.00. The lowest BCUT2D eigenvalue weighted by Gasteiger charge is -2.23. The Morgan fingerprint density at radius 2 is 1.96 bits per heavy atom. The van der Waals surface area contributed by atoms with E-state index in [2.05, 4.69) is 27.9 Å². The van der Waals surface area contributed by atoms with Gasteiger partial charge in [-0.2, -0.15) is 0 Å². The third kappa shape index (κ3) is 4.34. The summed E-state index contributed by atoms with van der Waals surface area (Å²) in [7, 11) is 0. The Morgan fingerprint density at radius 3 is 2.65 bits per heavy atom. The van der Waals surface area contributed by atoms with Gasteiger partial charge in [0.2, 0.25) is 5.91 Å². The van der Waals surface area contributed by atoms with Crippen LogP contribution < -0.4 is 10.1 Å². The van der Waals surface area contributed by atoms with Crippen molar-refractivity contribution >= 4 is 40.3 Å².